The van der Waals surface area contributed by atoms with Crippen molar-refractivity contribution >= 4 is 29.8 Å². The number of nitrogens with zero attached hydrogens (tertiary/aromatic N) is 1. The molecule has 7 nitrogen and oxygen atoms in total. The zero-order valence-corrected chi connectivity index (χ0v) is 12.9. The van der Waals surface area contributed by atoms with Gasteiger partial charge < -0.3 is 14.2 Å². The van der Waals surface area contributed by atoms with E-state index in [1.165, 1.54) is 11.8 Å². The molecule has 1 unspecified atom stereocenters. The van der Waals surface area contributed by atoms with Crippen LogP contribution in [0.3, 0.4) is 0 Å². The van der Waals surface area contributed by atoms with E-state index in [-0.39, 0.29) is 23.6 Å². The van der Waals surface area contributed by atoms with E-state index < -0.39 is 18.4 Å². The Morgan fingerprint density at radius 2 is 2.14 bits per heavy atom. The number of carbonyl (C=O) groups is 3. The zero-order chi connectivity index (χ0) is 15.6. The summed E-state index contributed by atoms with van der Waals surface area (Å²) in [5, 5.41) is 0.00466. The summed E-state index contributed by atoms with van der Waals surface area (Å²) >= 11 is 1.62. The van der Waals surface area contributed by atoms with Gasteiger partial charge in [0.15, 0.2) is 0 Å². The Labute approximate surface area is 126 Å². The summed E-state index contributed by atoms with van der Waals surface area (Å²) in [6.45, 7) is 5.01. The van der Waals surface area contributed by atoms with Crippen molar-refractivity contribution in [2.75, 3.05) is 12.4 Å². The van der Waals surface area contributed by atoms with Gasteiger partial charge in [-0.2, -0.15) is 0 Å². The molecular weight excluding hydrogens is 298 g/mol. The van der Waals surface area contributed by atoms with Crippen LogP contribution >= 0.6 is 11.8 Å². The van der Waals surface area contributed by atoms with E-state index in [1.807, 2.05) is 0 Å². The zero-order valence-electron chi connectivity index (χ0n) is 12.1. The smallest absolute Gasteiger partial charge is 0.435 e. The van der Waals surface area contributed by atoms with Crippen LogP contribution in [0.25, 0.3) is 0 Å². The van der Waals surface area contributed by atoms with Gasteiger partial charge in [-0.25, -0.2) is 9.59 Å². The summed E-state index contributed by atoms with van der Waals surface area (Å²) in [4.78, 5) is 36.4. The van der Waals surface area contributed by atoms with Crippen molar-refractivity contribution in [2.45, 2.75) is 38.9 Å². The van der Waals surface area contributed by atoms with Crippen LogP contribution in [-0.4, -0.2) is 47.0 Å². The quantitative estimate of drug-likeness (QED) is 0.443. The SMILES string of the molecule is CCOC(=O)OC(C)OC(=O)C1=C(C)CS[C@H]2CC(=O)N12. The molecule has 0 aromatic heterocycles. The fraction of sp³-hybridized carbons (Fsp3) is 0.615. The minimum Gasteiger partial charge on any atom is -0.435 e. The average molecular weight is 315 g/mol. The van der Waals surface area contributed by atoms with E-state index in [0.29, 0.717) is 12.2 Å². The molecule has 0 saturated carbocycles. The Kier molecular flexibility index (Phi) is 4.76. The fourth-order valence-electron chi connectivity index (χ4n) is 2.08. The summed E-state index contributed by atoms with van der Waals surface area (Å²) in [6.07, 6.45) is -1.55. The van der Waals surface area contributed by atoms with Gasteiger partial charge >= 0.3 is 12.1 Å². The lowest BCUT2D eigenvalue weighted by atomic mass is 10.1. The molecule has 0 bridgehead atoms. The maximum atomic E-state index is 12.2. The molecule has 0 spiro atoms. The van der Waals surface area contributed by atoms with Crippen molar-refractivity contribution in [2.24, 2.45) is 0 Å². The topological polar surface area (TPSA) is 82.1 Å². The Morgan fingerprint density at radius 1 is 1.43 bits per heavy atom. The second-order valence-electron chi connectivity index (χ2n) is 4.64. The van der Waals surface area contributed by atoms with Gasteiger partial charge in [0.25, 0.3) is 0 Å². The van der Waals surface area contributed by atoms with Crippen LogP contribution in [-0.2, 0) is 23.8 Å². The molecule has 1 saturated heterocycles. The number of fused-ring (bicyclic) bond motifs is 1. The van der Waals surface area contributed by atoms with Crippen LogP contribution in [0.5, 0.6) is 0 Å². The van der Waals surface area contributed by atoms with Crippen LogP contribution in [0.15, 0.2) is 11.3 Å². The summed E-state index contributed by atoms with van der Waals surface area (Å²) in [7, 11) is 0. The second kappa shape index (κ2) is 6.38. The van der Waals surface area contributed by atoms with Gasteiger partial charge in [0.05, 0.1) is 18.4 Å². The highest BCUT2D eigenvalue weighted by Gasteiger charge is 2.45. The molecule has 0 aromatic carbocycles. The van der Waals surface area contributed by atoms with Crippen molar-refractivity contribution in [1.82, 2.24) is 4.90 Å². The third-order valence-electron chi connectivity index (χ3n) is 3.03. The summed E-state index contributed by atoms with van der Waals surface area (Å²) in [5.41, 5.74) is 1.03. The largest absolute Gasteiger partial charge is 0.511 e. The van der Waals surface area contributed by atoms with Crippen LogP contribution in [0.4, 0.5) is 4.79 Å². The van der Waals surface area contributed by atoms with E-state index in [9.17, 15) is 14.4 Å². The van der Waals surface area contributed by atoms with Gasteiger partial charge in [0.1, 0.15) is 5.70 Å². The van der Waals surface area contributed by atoms with Gasteiger partial charge in [-0.15, -0.1) is 11.8 Å². The maximum absolute atomic E-state index is 12.2. The third kappa shape index (κ3) is 3.31. The van der Waals surface area contributed by atoms with Gasteiger partial charge in [0, 0.05) is 12.7 Å². The molecule has 0 radical (unpaired) electrons. The Morgan fingerprint density at radius 3 is 2.76 bits per heavy atom. The average Bonchev–Trinajstić information content (AvgIpc) is 2.39. The number of ether oxygens (including phenoxy) is 3. The first-order chi connectivity index (χ1) is 9.93. The monoisotopic (exact) mass is 315 g/mol. The standard InChI is InChI=1S/C13H17NO6S/c1-4-18-13(17)20-8(3)19-12(16)11-7(2)6-21-10-5-9(15)14(10)11/h8,10H,4-6H2,1-3H3/t8?,10-/m0/s1. The molecule has 0 N–H and O–H groups in total. The number of amides is 1. The van der Waals surface area contributed by atoms with Crippen LogP contribution in [0, 0.1) is 0 Å². The highest BCUT2D eigenvalue weighted by atomic mass is 32.2. The van der Waals surface area contributed by atoms with E-state index in [2.05, 4.69) is 4.74 Å². The summed E-state index contributed by atoms with van der Waals surface area (Å²) < 4.78 is 14.4. The number of rotatable bonds is 4. The highest BCUT2D eigenvalue weighted by molar-refractivity contribution is 8.00. The number of β-lactam (4-membered cyclic amide) rings is 1. The first-order valence-electron chi connectivity index (χ1n) is 6.61. The minimum atomic E-state index is -1.08. The van der Waals surface area contributed by atoms with Gasteiger partial charge in [-0.1, -0.05) is 0 Å². The third-order valence-corrected chi connectivity index (χ3v) is 4.40. The second-order valence-corrected chi connectivity index (χ2v) is 5.80. The molecule has 2 atom stereocenters. The molecule has 0 aromatic rings. The van der Waals surface area contributed by atoms with E-state index in [4.69, 9.17) is 9.47 Å². The molecule has 1 fully saturated rings. The van der Waals surface area contributed by atoms with Crippen LogP contribution in [0.2, 0.25) is 0 Å². The van der Waals surface area contributed by atoms with Crippen molar-refractivity contribution in [3.05, 3.63) is 11.3 Å². The predicted octanol–water partition coefficient (Wildman–Crippen LogP) is 1.63. The molecule has 2 rings (SSSR count). The fourth-order valence-corrected chi connectivity index (χ4v) is 3.29. The van der Waals surface area contributed by atoms with Crippen molar-refractivity contribution in [1.29, 1.82) is 0 Å². The Hall–Kier alpha value is -1.70. The molecule has 0 aliphatic carbocycles. The highest BCUT2D eigenvalue weighted by Crippen LogP contribution is 2.40. The molecule has 2 aliphatic rings. The first-order valence-corrected chi connectivity index (χ1v) is 7.66. The normalized spacial score (nSPS) is 22.1. The Bertz CT molecular complexity index is 503. The first kappa shape index (κ1) is 15.7. The lowest BCUT2D eigenvalue weighted by molar-refractivity contribution is -0.168. The number of esters is 1. The molecule has 21 heavy (non-hydrogen) atoms. The molecule has 1 amide bonds. The molecular formula is C13H17NO6S. The lowest BCUT2D eigenvalue weighted by Crippen LogP contribution is -2.54. The van der Waals surface area contributed by atoms with Crippen LogP contribution in [0.1, 0.15) is 27.2 Å². The lowest BCUT2D eigenvalue weighted by Gasteiger charge is -2.44. The molecule has 2 aliphatic heterocycles. The minimum absolute atomic E-state index is 0.00466. The summed E-state index contributed by atoms with van der Waals surface area (Å²) in [5.74, 6) is -0.0912. The van der Waals surface area contributed by atoms with Crippen molar-refractivity contribution < 1.29 is 28.6 Å². The van der Waals surface area contributed by atoms with Gasteiger partial charge in [-0.05, 0) is 19.4 Å². The van der Waals surface area contributed by atoms with Crippen molar-refractivity contribution in [3.8, 4) is 0 Å². The maximum Gasteiger partial charge on any atom is 0.511 e. The van der Waals surface area contributed by atoms with Crippen LogP contribution < -0.4 is 0 Å². The number of carbonyl (C=O) groups excluding carboxylic acids is 3. The number of hydrogen-bond donors (Lipinski definition) is 0. The van der Waals surface area contributed by atoms with Crippen molar-refractivity contribution in [3.63, 3.8) is 0 Å². The van der Waals surface area contributed by atoms with E-state index in [0.717, 1.165) is 5.57 Å². The molecule has 116 valence electrons. The predicted molar refractivity (Wildman–Crippen MR) is 74.1 cm³/mol. The molecule has 2 heterocycles. The van der Waals surface area contributed by atoms with Gasteiger partial charge in [-0.3, -0.25) is 9.69 Å². The van der Waals surface area contributed by atoms with E-state index in [1.54, 1.807) is 25.6 Å². The van der Waals surface area contributed by atoms with Gasteiger partial charge in [0.2, 0.25) is 12.2 Å². The summed E-state index contributed by atoms with van der Waals surface area (Å²) in [6, 6.07) is 0. The molecule has 8 heteroatoms. The number of thioether (sulfide) groups is 1. The Balaban J connectivity index is 1.99. The number of hydrogen-bond acceptors (Lipinski definition) is 7. The van der Waals surface area contributed by atoms with E-state index >= 15 is 0 Å².